The molecule has 0 aliphatic heterocycles. The number of hydrogen-bond donors (Lipinski definition) is 3. The lowest BCUT2D eigenvalue weighted by molar-refractivity contribution is 0.0696. The third-order valence-electron chi connectivity index (χ3n) is 3.70. The van der Waals surface area contributed by atoms with Gasteiger partial charge in [-0.2, -0.15) is 0 Å². The van der Waals surface area contributed by atoms with Crippen molar-refractivity contribution in [2.24, 2.45) is 0 Å². The summed E-state index contributed by atoms with van der Waals surface area (Å²) in [4.78, 5) is 25.0. The van der Waals surface area contributed by atoms with Crippen molar-refractivity contribution in [2.45, 2.75) is 26.3 Å². The van der Waals surface area contributed by atoms with Gasteiger partial charge in [-0.1, -0.05) is 6.07 Å². The van der Waals surface area contributed by atoms with E-state index >= 15 is 0 Å². The third kappa shape index (κ3) is 4.46. The minimum absolute atomic E-state index is 0.171. The summed E-state index contributed by atoms with van der Waals surface area (Å²) in [6, 6.07) is 4.44. The number of nitrogens with zero attached hydrogens (tertiary/aromatic N) is 1. The number of hydrogen-bond acceptors (Lipinski definition) is 3. The molecule has 0 fully saturated rings. The molecule has 1 aromatic rings. The molecule has 0 unspecified atom stereocenters. The molecule has 0 aliphatic carbocycles. The SMILES string of the molecule is Cc1c(NC(=O)NCC(C)(C)N(C)C)cccc1C(=O)O. The molecule has 0 saturated heterocycles. The van der Waals surface area contributed by atoms with E-state index < -0.39 is 5.97 Å². The summed E-state index contributed by atoms with van der Waals surface area (Å²) in [5.74, 6) is -1.01. The van der Waals surface area contributed by atoms with Crippen LogP contribution < -0.4 is 10.6 Å². The fourth-order valence-corrected chi connectivity index (χ4v) is 1.62. The Labute approximate surface area is 125 Å². The van der Waals surface area contributed by atoms with E-state index in [4.69, 9.17) is 5.11 Å². The Bertz CT molecular complexity index is 539. The van der Waals surface area contributed by atoms with E-state index in [9.17, 15) is 9.59 Å². The smallest absolute Gasteiger partial charge is 0.336 e. The fraction of sp³-hybridized carbons (Fsp3) is 0.467. The van der Waals surface area contributed by atoms with E-state index in [2.05, 4.69) is 10.6 Å². The third-order valence-corrected chi connectivity index (χ3v) is 3.70. The number of carboxylic acid groups (broad SMARTS) is 1. The van der Waals surface area contributed by atoms with Gasteiger partial charge in [0.2, 0.25) is 0 Å². The quantitative estimate of drug-likeness (QED) is 0.777. The van der Waals surface area contributed by atoms with Crippen molar-refractivity contribution in [1.82, 2.24) is 10.2 Å². The van der Waals surface area contributed by atoms with E-state index in [1.165, 1.54) is 6.07 Å². The number of aromatic carboxylic acids is 1. The summed E-state index contributed by atoms with van der Waals surface area (Å²) < 4.78 is 0. The molecule has 0 aromatic heterocycles. The molecule has 0 saturated carbocycles. The highest BCUT2D eigenvalue weighted by Gasteiger charge is 2.21. The highest BCUT2D eigenvalue weighted by molar-refractivity contribution is 5.95. The van der Waals surface area contributed by atoms with E-state index in [0.717, 1.165) is 0 Å². The van der Waals surface area contributed by atoms with Gasteiger partial charge < -0.3 is 20.6 Å². The summed E-state index contributed by atoms with van der Waals surface area (Å²) in [7, 11) is 3.89. The van der Waals surface area contributed by atoms with Gasteiger partial charge in [-0.15, -0.1) is 0 Å². The summed E-state index contributed by atoms with van der Waals surface area (Å²) in [6.07, 6.45) is 0. The van der Waals surface area contributed by atoms with Crippen LogP contribution in [0.2, 0.25) is 0 Å². The van der Waals surface area contributed by atoms with Crippen LogP contribution in [0, 0.1) is 6.92 Å². The number of likely N-dealkylation sites (N-methyl/N-ethyl adjacent to an activating group) is 1. The van der Waals surface area contributed by atoms with Crippen LogP contribution in [0.3, 0.4) is 0 Å². The molecule has 0 aliphatic rings. The second-order valence-corrected chi connectivity index (χ2v) is 5.80. The zero-order valence-electron chi connectivity index (χ0n) is 13.2. The molecule has 6 heteroatoms. The Hall–Kier alpha value is -2.08. The number of benzene rings is 1. The lowest BCUT2D eigenvalue weighted by Crippen LogP contribution is -2.49. The molecule has 6 nitrogen and oxygen atoms in total. The van der Waals surface area contributed by atoms with E-state index in [-0.39, 0.29) is 17.1 Å². The van der Waals surface area contributed by atoms with Crippen LogP contribution in [0.1, 0.15) is 29.8 Å². The van der Waals surface area contributed by atoms with Gasteiger partial charge in [-0.25, -0.2) is 9.59 Å². The summed E-state index contributed by atoms with van der Waals surface area (Å²) in [6.45, 7) is 6.18. The van der Waals surface area contributed by atoms with Crippen LogP contribution in [0.4, 0.5) is 10.5 Å². The van der Waals surface area contributed by atoms with E-state index in [1.807, 2.05) is 32.8 Å². The van der Waals surface area contributed by atoms with Gasteiger partial charge >= 0.3 is 12.0 Å². The Kier molecular flexibility index (Phi) is 5.32. The van der Waals surface area contributed by atoms with Gasteiger partial charge in [-0.3, -0.25) is 0 Å². The van der Waals surface area contributed by atoms with Crippen molar-refractivity contribution in [3.05, 3.63) is 29.3 Å². The zero-order valence-corrected chi connectivity index (χ0v) is 13.2. The molecule has 0 spiro atoms. The Morgan fingerprint density at radius 2 is 1.90 bits per heavy atom. The molecule has 0 atom stereocenters. The second kappa shape index (κ2) is 6.58. The zero-order chi connectivity index (χ0) is 16.2. The number of nitrogens with one attached hydrogen (secondary N) is 2. The molecule has 21 heavy (non-hydrogen) atoms. The van der Waals surface area contributed by atoms with E-state index in [1.54, 1.807) is 19.1 Å². The summed E-state index contributed by atoms with van der Waals surface area (Å²) in [5.41, 5.74) is 1.04. The molecule has 0 bridgehead atoms. The molecule has 116 valence electrons. The number of rotatable bonds is 5. The predicted molar refractivity (Wildman–Crippen MR) is 82.9 cm³/mol. The Balaban J connectivity index is 2.72. The second-order valence-electron chi connectivity index (χ2n) is 5.80. The minimum atomic E-state index is -1.01. The number of carbonyl (C=O) groups excluding carboxylic acids is 1. The van der Waals surface area contributed by atoms with Gasteiger partial charge in [0.05, 0.1) is 5.56 Å². The fourth-order valence-electron chi connectivity index (χ4n) is 1.62. The van der Waals surface area contributed by atoms with Crippen LogP contribution in [0.5, 0.6) is 0 Å². The Morgan fingerprint density at radius 1 is 1.29 bits per heavy atom. The first kappa shape index (κ1) is 17.0. The number of amides is 2. The van der Waals surface area contributed by atoms with Crippen LogP contribution in [0.15, 0.2) is 18.2 Å². The van der Waals surface area contributed by atoms with Crippen LogP contribution >= 0.6 is 0 Å². The van der Waals surface area contributed by atoms with Gasteiger partial charge in [-0.05, 0) is 52.6 Å². The molecular weight excluding hydrogens is 270 g/mol. The minimum Gasteiger partial charge on any atom is -0.478 e. The number of carbonyl (C=O) groups is 2. The van der Waals surface area contributed by atoms with Gasteiger partial charge in [0.1, 0.15) is 0 Å². The predicted octanol–water partition coefficient (Wildman–Crippen LogP) is 2.15. The lowest BCUT2D eigenvalue weighted by Gasteiger charge is -2.32. The molecule has 1 aromatic carbocycles. The molecule has 1 rings (SSSR count). The normalized spacial score (nSPS) is 11.3. The highest BCUT2D eigenvalue weighted by atomic mass is 16.4. The molecule has 3 N–H and O–H groups in total. The number of urea groups is 1. The maximum absolute atomic E-state index is 11.9. The molecule has 0 radical (unpaired) electrons. The van der Waals surface area contributed by atoms with Crippen molar-refractivity contribution < 1.29 is 14.7 Å². The first-order chi connectivity index (χ1) is 9.65. The first-order valence-electron chi connectivity index (χ1n) is 6.70. The van der Waals surface area contributed by atoms with Gasteiger partial charge in [0, 0.05) is 17.8 Å². The largest absolute Gasteiger partial charge is 0.478 e. The van der Waals surface area contributed by atoms with Gasteiger partial charge in [0.25, 0.3) is 0 Å². The van der Waals surface area contributed by atoms with Crippen molar-refractivity contribution in [3.8, 4) is 0 Å². The average molecular weight is 293 g/mol. The summed E-state index contributed by atoms with van der Waals surface area (Å²) >= 11 is 0. The summed E-state index contributed by atoms with van der Waals surface area (Å²) in [5, 5.41) is 14.5. The maximum Gasteiger partial charge on any atom is 0.336 e. The first-order valence-corrected chi connectivity index (χ1v) is 6.70. The van der Waals surface area contributed by atoms with E-state index in [0.29, 0.717) is 17.8 Å². The topological polar surface area (TPSA) is 81.7 Å². The molecule has 2 amide bonds. The highest BCUT2D eigenvalue weighted by Crippen LogP contribution is 2.19. The number of carboxylic acids is 1. The van der Waals surface area contributed by atoms with Crippen LogP contribution in [-0.4, -0.2) is 48.2 Å². The molecular formula is C15H23N3O3. The standard InChI is InChI=1S/C15H23N3O3/c1-10-11(13(19)20)7-6-8-12(10)17-14(21)16-9-15(2,3)18(4)5/h6-8H,9H2,1-5H3,(H,19,20)(H2,16,17,21). The van der Waals surface area contributed by atoms with Crippen LogP contribution in [0.25, 0.3) is 0 Å². The number of anilines is 1. The Morgan fingerprint density at radius 3 is 2.43 bits per heavy atom. The van der Waals surface area contributed by atoms with Crippen molar-refractivity contribution >= 4 is 17.7 Å². The van der Waals surface area contributed by atoms with Crippen LogP contribution in [-0.2, 0) is 0 Å². The van der Waals surface area contributed by atoms with Crippen molar-refractivity contribution in [2.75, 3.05) is 26.0 Å². The van der Waals surface area contributed by atoms with Crippen molar-refractivity contribution in [3.63, 3.8) is 0 Å². The molecule has 0 heterocycles. The van der Waals surface area contributed by atoms with Crippen molar-refractivity contribution in [1.29, 1.82) is 0 Å². The lowest BCUT2D eigenvalue weighted by atomic mass is 10.0. The maximum atomic E-state index is 11.9. The van der Waals surface area contributed by atoms with Gasteiger partial charge in [0.15, 0.2) is 0 Å². The average Bonchev–Trinajstić information content (AvgIpc) is 2.38. The monoisotopic (exact) mass is 293 g/mol.